The van der Waals surface area contributed by atoms with Crippen molar-refractivity contribution in [2.45, 2.75) is 6.10 Å². The van der Waals surface area contributed by atoms with Crippen LogP contribution in [0.25, 0.3) is 11.4 Å². The monoisotopic (exact) mass is 409 g/mol. The molecular weight excluding hydrogens is 386 g/mol. The summed E-state index contributed by atoms with van der Waals surface area (Å²) < 4.78 is 18.6. The van der Waals surface area contributed by atoms with E-state index in [9.17, 15) is 4.79 Å². The molecule has 3 heterocycles. The van der Waals surface area contributed by atoms with Gasteiger partial charge >= 0.3 is 0 Å². The van der Waals surface area contributed by atoms with Crippen molar-refractivity contribution in [1.82, 2.24) is 19.5 Å². The number of methoxy groups -OCH3 is 1. The summed E-state index contributed by atoms with van der Waals surface area (Å²) in [4.78, 5) is 27.4. The molecule has 1 aromatic carbocycles. The van der Waals surface area contributed by atoms with Gasteiger partial charge in [0.05, 0.1) is 31.6 Å². The van der Waals surface area contributed by atoms with Crippen LogP contribution in [0.1, 0.15) is 0 Å². The van der Waals surface area contributed by atoms with Gasteiger partial charge in [0.1, 0.15) is 19.0 Å². The molecule has 30 heavy (non-hydrogen) atoms. The van der Waals surface area contributed by atoms with Crippen LogP contribution >= 0.6 is 0 Å². The smallest absolute Gasteiger partial charge is 0.255 e. The molecule has 2 aromatic heterocycles. The van der Waals surface area contributed by atoms with E-state index < -0.39 is 0 Å². The van der Waals surface area contributed by atoms with Crippen LogP contribution in [-0.2, 0) is 11.8 Å². The highest BCUT2D eigenvalue weighted by molar-refractivity contribution is 5.55. The van der Waals surface area contributed by atoms with Crippen molar-refractivity contribution >= 4 is 5.95 Å². The molecule has 0 amide bonds. The fourth-order valence-electron chi connectivity index (χ4n) is 3.31. The van der Waals surface area contributed by atoms with Crippen LogP contribution in [0.15, 0.2) is 53.7 Å². The zero-order valence-corrected chi connectivity index (χ0v) is 16.9. The first-order chi connectivity index (χ1) is 14.7. The maximum atomic E-state index is 12.5. The highest BCUT2D eigenvalue weighted by Crippen LogP contribution is 2.26. The molecule has 0 N–H and O–H groups in total. The third-order valence-electron chi connectivity index (χ3n) is 4.87. The van der Waals surface area contributed by atoms with Gasteiger partial charge in [-0.05, 0) is 18.2 Å². The van der Waals surface area contributed by atoms with Crippen molar-refractivity contribution in [3.8, 4) is 22.9 Å². The highest BCUT2D eigenvalue weighted by atomic mass is 16.5. The maximum Gasteiger partial charge on any atom is 0.255 e. The molecular formula is C21H23N5O4. The Hall–Kier alpha value is -3.46. The van der Waals surface area contributed by atoms with Crippen LogP contribution in [0, 0.1) is 0 Å². The number of aromatic nitrogens is 4. The summed E-state index contributed by atoms with van der Waals surface area (Å²) in [5.41, 5.74) is 0.971. The molecule has 1 aliphatic heterocycles. The number of nitrogens with zero attached hydrogens (tertiary/aromatic N) is 5. The third-order valence-corrected chi connectivity index (χ3v) is 4.87. The Morgan fingerprint density at radius 1 is 1.20 bits per heavy atom. The average Bonchev–Trinajstić information content (AvgIpc) is 2.80. The summed E-state index contributed by atoms with van der Waals surface area (Å²) in [6.45, 7) is 2.03. The van der Waals surface area contributed by atoms with Gasteiger partial charge in [0.25, 0.3) is 5.56 Å². The quantitative estimate of drug-likeness (QED) is 0.605. The molecule has 0 saturated carbocycles. The summed E-state index contributed by atoms with van der Waals surface area (Å²) in [7, 11) is 3.32. The molecule has 1 atom stereocenters. The topological polar surface area (TPSA) is 91.6 Å². The second kappa shape index (κ2) is 8.91. The van der Waals surface area contributed by atoms with Crippen molar-refractivity contribution in [1.29, 1.82) is 0 Å². The third kappa shape index (κ3) is 4.25. The Morgan fingerprint density at radius 2 is 2.03 bits per heavy atom. The second-order valence-electron chi connectivity index (χ2n) is 6.83. The standard InChI is InChI=1S/C21H23N5O4/c1-25-20(27)11-17(16-7-8-22-14-23-16)24-21(25)26-9-10-29-15(12-26)13-30-19-6-4-3-5-18(19)28-2/h3-8,11,14-15H,9-10,12-13H2,1-2H3. The van der Waals surface area contributed by atoms with Crippen LogP contribution in [0.4, 0.5) is 5.95 Å². The van der Waals surface area contributed by atoms with Crippen LogP contribution in [0.3, 0.4) is 0 Å². The Bertz CT molecular complexity index is 1060. The second-order valence-corrected chi connectivity index (χ2v) is 6.83. The van der Waals surface area contributed by atoms with E-state index in [2.05, 4.69) is 15.0 Å². The lowest BCUT2D eigenvalue weighted by Gasteiger charge is -2.34. The summed E-state index contributed by atoms with van der Waals surface area (Å²) in [5, 5.41) is 0. The Labute approximate surface area is 173 Å². The van der Waals surface area contributed by atoms with Gasteiger partial charge in [-0.2, -0.15) is 0 Å². The van der Waals surface area contributed by atoms with Gasteiger partial charge in [-0.25, -0.2) is 15.0 Å². The zero-order chi connectivity index (χ0) is 20.9. The molecule has 1 aliphatic rings. The van der Waals surface area contributed by atoms with Crippen molar-refractivity contribution in [2.24, 2.45) is 7.05 Å². The van der Waals surface area contributed by atoms with Crippen LogP contribution in [0.5, 0.6) is 11.5 Å². The lowest BCUT2D eigenvalue weighted by molar-refractivity contribution is 0.00911. The van der Waals surface area contributed by atoms with E-state index in [1.54, 1.807) is 26.4 Å². The van der Waals surface area contributed by atoms with Crippen LogP contribution in [-0.4, -0.2) is 59.0 Å². The average molecular weight is 409 g/mol. The molecule has 0 radical (unpaired) electrons. The number of para-hydroxylation sites is 2. The van der Waals surface area contributed by atoms with Gasteiger partial charge in [-0.1, -0.05) is 12.1 Å². The molecule has 1 saturated heterocycles. The van der Waals surface area contributed by atoms with Crippen molar-refractivity contribution in [3.63, 3.8) is 0 Å². The van der Waals surface area contributed by atoms with Gasteiger partial charge < -0.3 is 19.1 Å². The van der Waals surface area contributed by atoms with Gasteiger partial charge in [-0.15, -0.1) is 0 Å². The molecule has 9 heteroatoms. The molecule has 1 fully saturated rings. The molecule has 0 bridgehead atoms. The lowest BCUT2D eigenvalue weighted by atomic mass is 10.2. The first kappa shape index (κ1) is 19.8. The van der Waals surface area contributed by atoms with Crippen LogP contribution < -0.4 is 19.9 Å². The van der Waals surface area contributed by atoms with Crippen molar-refractivity contribution < 1.29 is 14.2 Å². The molecule has 9 nitrogen and oxygen atoms in total. The Morgan fingerprint density at radius 3 is 2.80 bits per heavy atom. The number of hydrogen-bond acceptors (Lipinski definition) is 8. The number of benzene rings is 1. The number of morpholine rings is 1. The predicted octanol–water partition coefficient (Wildman–Crippen LogP) is 1.53. The van der Waals surface area contributed by atoms with E-state index in [-0.39, 0.29) is 11.7 Å². The van der Waals surface area contributed by atoms with E-state index in [0.29, 0.717) is 55.1 Å². The van der Waals surface area contributed by atoms with E-state index in [1.807, 2.05) is 29.2 Å². The summed E-state index contributed by atoms with van der Waals surface area (Å²) >= 11 is 0. The largest absolute Gasteiger partial charge is 0.493 e. The van der Waals surface area contributed by atoms with Gasteiger partial charge in [-0.3, -0.25) is 9.36 Å². The molecule has 156 valence electrons. The van der Waals surface area contributed by atoms with E-state index in [1.165, 1.54) is 17.0 Å². The fourth-order valence-corrected chi connectivity index (χ4v) is 3.31. The van der Waals surface area contributed by atoms with Crippen molar-refractivity contribution in [2.75, 3.05) is 38.3 Å². The maximum absolute atomic E-state index is 12.5. The number of hydrogen-bond donors (Lipinski definition) is 0. The fraction of sp³-hybridized carbons (Fsp3) is 0.333. The van der Waals surface area contributed by atoms with E-state index >= 15 is 0 Å². The minimum atomic E-state index is -0.178. The number of ether oxygens (including phenoxy) is 3. The SMILES string of the molecule is COc1ccccc1OCC1CN(c2nc(-c3ccncn3)cc(=O)n2C)CCO1. The van der Waals surface area contributed by atoms with E-state index in [4.69, 9.17) is 14.2 Å². The Balaban J connectivity index is 1.52. The van der Waals surface area contributed by atoms with Crippen LogP contribution in [0.2, 0.25) is 0 Å². The normalized spacial score (nSPS) is 16.3. The molecule has 3 aromatic rings. The minimum absolute atomic E-state index is 0.151. The lowest BCUT2D eigenvalue weighted by Crippen LogP contribution is -2.47. The van der Waals surface area contributed by atoms with Gasteiger partial charge in [0.2, 0.25) is 5.95 Å². The van der Waals surface area contributed by atoms with Gasteiger partial charge in [0, 0.05) is 25.9 Å². The number of anilines is 1. The minimum Gasteiger partial charge on any atom is -0.493 e. The summed E-state index contributed by atoms with van der Waals surface area (Å²) in [6.07, 6.45) is 2.89. The Kier molecular flexibility index (Phi) is 5.89. The molecule has 4 rings (SSSR count). The summed E-state index contributed by atoms with van der Waals surface area (Å²) in [6, 6.07) is 10.7. The first-order valence-corrected chi connectivity index (χ1v) is 9.62. The number of rotatable bonds is 6. The predicted molar refractivity (Wildman–Crippen MR) is 111 cm³/mol. The summed E-state index contributed by atoms with van der Waals surface area (Å²) in [5.74, 6) is 1.91. The first-order valence-electron chi connectivity index (χ1n) is 9.62. The van der Waals surface area contributed by atoms with Crippen molar-refractivity contribution in [3.05, 3.63) is 59.3 Å². The molecule has 0 spiro atoms. The van der Waals surface area contributed by atoms with Gasteiger partial charge in [0.15, 0.2) is 11.5 Å². The van der Waals surface area contributed by atoms with E-state index in [0.717, 1.165) is 0 Å². The highest BCUT2D eigenvalue weighted by Gasteiger charge is 2.25. The molecule has 0 aliphatic carbocycles. The zero-order valence-electron chi connectivity index (χ0n) is 16.9. The molecule has 1 unspecified atom stereocenters.